The van der Waals surface area contributed by atoms with E-state index in [-0.39, 0.29) is 11.9 Å². The summed E-state index contributed by atoms with van der Waals surface area (Å²) >= 11 is 0. The third-order valence-electron chi connectivity index (χ3n) is 5.62. The Labute approximate surface area is 174 Å². The minimum Gasteiger partial charge on any atom is -0.469 e. The van der Waals surface area contributed by atoms with E-state index in [0.717, 1.165) is 44.5 Å². The zero-order valence-corrected chi connectivity index (χ0v) is 17.3. The highest BCUT2D eigenvalue weighted by atomic mass is 16.6. The molecule has 29 heavy (non-hydrogen) atoms. The number of carbonyl (C=O) groups excluding carboxylic acids is 1. The number of rotatable bonds is 10. The predicted molar refractivity (Wildman–Crippen MR) is 114 cm³/mol. The first-order chi connectivity index (χ1) is 14.2. The summed E-state index contributed by atoms with van der Waals surface area (Å²) in [5.41, 5.74) is 5.43. The van der Waals surface area contributed by atoms with Crippen molar-refractivity contribution in [1.29, 1.82) is 0 Å². The Hall–Kier alpha value is -2.21. The molecule has 0 saturated carbocycles. The van der Waals surface area contributed by atoms with E-state index < -0.39 is 0 Å². The summed E-state index contributed by atoms with van der Waals surface area (Å²) in [6, 6.07) is 20.6. The molecule has 1 atom stereocenters. The standard InChI is InChI=1S/C24H32N2O3/c1-28-24(27)23(17-25-29-19-22-10-6-3-7-11-22)16-20-12-14-26(15-13-20)18-21-8-4-2-5-9-21/h2-11,20,23,25H,12-19H2,1H3/t23-/m0/s1. The molecule has 0 amide bonds. The first-order valence-corrected chi connectivity index (χ1v) is 10.5. The highest BCUT2D eigenvalue weighted by molar-refractivity contribution is 5.72. The molecule has 0 spiro atoms. The van der Waals surface area contributed by atoms with Crippen LogP contribution in [0.2, 0.25) is 0 Å². The number of nitrogens with zero attached hydrogens (tertiary/aromatic N) is 1. The van der Waals surface area contributed by atoms with Gasteiger partial charge in [0.1, 0.15) is 0 Å². The number of hydroxylamine groups is 1. The molecule has 1 aliphatic heterocycles. The van der Waals surface area contributed by atoms with Crippen LogP contribution < -0.4 is 5.48 Å². The lowest BCUT2D eigenvalue weighted by molar-refractivity contribution is -0.147. The number of nitrogens with one attached hydrogen (secondary N) is 1. The third kappa shape index (κ3) is 7.28. The molecule has 156 valence electrons. The molecular formula is C24H32N2O3. The van der Waals surface area contributed by atoms with E-state index in [1.54, 1.807) is 0 Å². The molecule has 1 heterocycles. The number of methoxy groups -OCH3 is 1. The largest absolute Gasteiger partial charge is 0.469 e. The number of hydrogen-bond donors (Lipinski definition) is 1. The first kappa shape index (κ1) is 21.5. The van der Waals surface area contributed by atoms with Crippen molar-refractivity contribution in [2.24, 2.45) is 11.8 Å². The lowest BCUT2D eigenvalue weighted by Crippen LogP contribution is -2.36. The highest BCUT2D eigenvalue weighted by Crippen LogP contribution is 2.25. The van der Waals surface area contributed by atoms with Crippen LogP contribution in [0.4, 0.5) is 0 Å². The van der Waals surface area contributed by atoms with Gasteiger partial charge in [-0.25, -0.2) is 5.48 Å². The summed E-state index contributed by atoms with van der Waals surface area (Å²) in [7, 11) is 1.46. The van der Waals surface area contributed by atoms with Gasteiger partial charge in [0.05, 0.1) is 19.6 Å². The molecule has 3 rings (SSSR count). The average Bonchev–Trinajstić information content (AvgIpc) is 2.78. The maximum atomic E-state index is 12.2. The fourth-order valence-corrected chi connectivity index (χ4v) is 3.92. The Morgan fingerprint density at radius 3 is 2.28 bits per heavy atom. The maximum absolute atomic E-state index is 12.2. The number of piperidine rings is 1. The Morgan fingerprint density at radius 1 is 1.03 bits per heavy atom. The normalized spacial score (nSPS) is 16.4. The first-order valence-electron chi connectivity index (χ1n) is 10.5. The Bertz CT molecular complexity index is 715. The molecule has 0 bridgehead atoms. The lowest BCUT2D eigenvalue weighted by atomic mass is 9.87. The molecule has 5 nitrogen and oxygen atoms in total. The van der Waals surface area contributed by atoms with E-state index in [0.29, 0.717) is 19.1 Å². The van der Waals surface area contributed by atoms with Gasteiger partial charge in [0.2, 0.25) is 0 Å². The van der Waals surface area contributed by atoms with Crippen molar-refractivity contribution >= 4 is 5.97 Å². The molecule has 0 aliphatic carbocycles. The van der Waals surface area contributed by atoms with Crippen molar-refractivity contribution < 1.29 is 14.4 Å². The van der Waals surface area contributed by atoms with E-state index >= 15 is 0 Å². The Balaban J connectivity index is 1.40. The van der Waals surface area contributed by atoms with Gasteiger partial charge in [0.15, 0.2) is 0 Å². The second-order valence-corrected chi connectivity index (χ2v) is 7.78. The summed E-state index contributed by atoms with van der Waals surface area (Å²) < 4.78 is 5.02. The van der Waals surface area contributed by atoms with Crippen molar-refractivity contribution in [3.05, 3.63) is 71.8 Å². The van der Waals surface area contributed by atoms with Crippen LogP contribution in [0.25, 0.3) is 0 Å². The van der Waals surface area contributed by atoms with Gasteiger partial charge in [-0.3, -0.25) is 14.5 Å². The molecule has 1 fully saturated rings. The van der Waals surface area contributed by atoms with Gasteiger partial charge in [0, 0.05) is 13.1 Å². The minimum absolute atomic E-state index is 0.160. The van der Waals surface area contributed by atoms with Gasteiger partial charge < -0.3 is 4.74 Å². The van der Waals surface area contributed by atoms with Gasteiger partial charge in [-0.15, -0.1) is 0 Å². The van der Waals surface area contributed by atoms with Crippen molar-refractivity contribution in [3.8, 4) is 0 Å². The van der Waals surface area contributed by atoms with Crippen LogP contribution in [0, 0.1) is 11.8 Å². The van der Waals surface area contributed by atoms with Crippen molar-refractivity contribution in [1.82, 2.24) is 10.4 Å². The maximum Gasteiger partial charge on any atom is 0.310 e. The van der Waals surface area contributed by atoms with Crippen molar-refractivity contribution in [2.75, 3.05) is 26.7 Å². The Morgan fingerprint density at radius 2 is 1.66 bits per heavy atom. The molecule has 1 aliphatic rings. The van der Waals surface area contributed by atoms with Crippen LogP contribution in [0.15, 0.2) is 60.7 Å². The van der Waals surface area contributed by atoms with Crippen molar-refractivity contribution in [3.63, 3.8) is 0 Å². The second kappa shape index (κ2) is 11.7. The SMILES string of the molecule is COC(=O)[C@H](CNOCc1ccccc1)CC1CCN(Cc2ccccc2)CC1. The van der Waals surface area contributed by atoms with E-state index in [1.165, 1.54) is 12.7 Å². The summed E-state index contributed by atoms with van der Waals surface area (Å²) in [5.74, 6) is 0.205. The fourth-order valence-electron chi connectivity index (χ4n) is 3.92. The van der Waals surface area contributed by atoms with Gasteiger partial charge in [0.25, 0.3) is 0 Å². The lowest BCUT2D eigenvalue weighted by Gasteiger charge is -2.33. The molecule has 5 heteroatoms. The zero-order valence-electron chi connectivity index (χ0n) is 17.3. The van der Waals surface area contributed by atoms with Crippen LogP contribution in [0.5, 0.6) is 0 Å². The molecule has 2 aromatic rings. The molecule has 1 N–H and O–H groups in total. The molecular weight excluding hydrogens is 364 g/mol. The summed E-state index contributed by atoms with van der Waals surface area (Å²) in [5, 5.41) is 0. The number of hydrogen-bond acceptors (Lipinski definition) is 5. The molecule has 1 saturated heterocycles. The van der Waals surface area contributed by atoms with E-state index in [4.69, 9.17) is 9.57 Å². The van der Waals surface area contributed by atoms with Gasteiger partial charge in [-0.1, -0.05) is 60.7 Å². The summed E-state index contributed by atoms with van der Waals surface area (Å²) in [4.78, 5) is 20.3. The number of benzene rings is 2. The molecule has 2 aromatic carbocycles. The van der Waals surface area contributed by atoms with Gasteiger partial charge in [-0.05, 0) is 49.4 Å². The topological polar surface area (TPSA) is 50.8 Å². The molecule has 0 aromatic heterocycles. The zero-order chi connectivity index (χ0) is 20.3. The van der Waals surface area contributed by atoms with Gasteiger partial charge in [-0.2, -0.15) is 0 Å². The number of ether oxygens (including phenoxy) is 1. The van der Waals surface area contributed by atoms with E-state index in [9.17, 15) is 4.79 Å². The highest BCUT2D eigenvalue weighted by Gasteiger charge is 2.27. The molecule has 0 unspecified atom stereocenters. The second-order valence-electron chi connectivity index (χ2n) is 7.78. The van der Waals surface area contributed by atoms with E-state index in [1.807, 2.05) is 30.3 Å². The quantitative estimate of drug-likeness (QED) is 0.376. The number of esters is 1. The Kier molecular flexibility index (Phi) is 8.68. The van der Waals surface area contributed by atoms with E-state index in [2.05, 4.69) is 40.7 Å². The third-order valence-corrected chi connectivity index (χ3v) is 5.62. The van der Waals surface area contributed by atoms with Crippen LogP contribution in [0.1, 0.15) is 30.4 Å². The van der Waals surface area contributed by atoms with Crippen LogP contribution >= 0.6 is 0 Å². The number of carbonyl (C=O) groups is 1. The smallest absolute Gasteiger partial charge is 0.310 e. The van der Waals surface area contributed by atoms with Gasteiger partial charge >= 0.3 is 5.97 Å². The van der Waals surface area contributed by atoms with Crippen molar-refractivity contribution in [2.45, 2.75) is 32.4 Å². The minimum atomic E-state index is -0.179. The summed E-state index contributed by atoms with van der Waals surface area (Å²) in [6.07, 6.45) is 3.07. The van der Waals surface area contributed by atoms with Crippen LogP contribution in [0.3, 0.4) is 0 Å². The van der Waals surface area contributed by atoms with Crippen LogP contribution in [-0.2, 0) is 27.5 Å². The number of likely N-dealkylation sites (tertiary alicyclic amines) is 1. The molecule has 0 radical (unpaired) electrons. The predicted octanol–water partition coefficient (Wildman–Crippen LogP) is 3.80. The fraction of sp³-hybridized carbons (Fsp3) is 0.458. The average molecular weight is 397 g/mol. The van der Waals surface area contributed by atoms with Crippen LogP contribution in [-0.4, -0.2) is 37.6 Å². The monoisotopic (exact) mass is 396 g/mol. The summed E-state index contributed by atoms with van der Waals surface area (Å²) in [6.45, 7) is 4.11.